The normalized spacial score (nSPS) is 12.4. The Morgan fingerprint density at radius 3 is 1.37 bits per heavy atom. The molecule has 0 unspecified atom stereocenters. The highest BCUT2D eigenvalue weighted by molar-refractivity contribution is 7.81. The molecule has 1 aliphatic heterocycles. The van der Waals surface area contributed by atoms with E-state index in [-0.39, 0.29) is 0 Å². The zero-order chi connectivity index (χ0) is 31.5. The van der Waals surface area contributed by atoms with Gasteiger partial charge in [-0.3, -0.25) is 0 Å². The fourth-order valence-corrected chi connectivity index (χ4v) is 11.6. The van der Waals surface area contributed by atoms with Crippen LogP contribution in [0.5, 0.6) is 17.2 Å². The van der Waals surface area contributed by atoms with E-state index < -0.39 is 15.8 Å². The van der Waals surface area contributed by atoms with Crippen molar-refractivity contribution >= 4 is 47.7 Å². The van der Waals surface area contributed by atoms with E-state index in [1.807, 2.05) is 0 Å². The maximum absolute atomic E-state index is 6.64. The molecule has 0 N–H and O–H groups in total. The predicted molar refractivity (Wildman–Crippen MR) is 196 cm³/mol. The Balaban J connectivity index is 1.63. The van der Waals surface area contributed by atoms with Crippen molar-refractivity contribution in [2.75, 3.05) is 20.3 Å². The van der Waals surface area contributed by atoms with Gasteiger partial charge in [0.15, 0.2) is 0 Å². The molecule has 5 heteroatoms. The third-order valence-electron chi connectivity index (χ3n) is 8.38. The Labute approximate surface area is 274 Å². The number of methoxy groups -OCH3 is 1. The Kier molecular flexibility index (Phi) is 8.89. The molecule has 0 fully saturated rings. The van der Waals surface area contributed by atoms with Gasteiger partial charge < -0.3 is 14.2 Å². The van der Waals surface area contributed by atoms with E-state index in [1.54, 1.807) is 7.11 Å². The number of hydrogen-bond acceptors (Lipinski definition) is 3. The van der Waals surface area contributed by atoms with Gasteiger partial charge in [-0.2, -0.15) is 0 Å². The zero-order valence-electron chi connectivity index (χ0n) is 26.3. The summed E-state index contributed by atoms with van der Waals surface area (Å²) in [6.07, 6.45) is 0. The lowest BCUT2D eigenvalue weighted by Gasteiger charge is -2.32. The molecule has 0 amide bonds. The second kappa shape index (κ2) is 13.5. The fraction of sp³-hybridized carbons (Fsp3) is 0.122. The number of aryl methyl sites for hydroxylation is 1. The van der Waals surface area contributed by atoms with Crippen LogP contribution in [-0.2, 0) is 0 Å². The number of ether oxygens (including phenoxy) is 3. The van der Waals surface area contributed by atoms with Gasteiger partial charge in [-0.25, -0.2) is 0 Å². The van der Waals surface area contributed by atoms with Gasteiger partial charge in [-0.1, -0.05) is 127 Å². The number of hydrogen-bond donors (Lipinski definition) is 0. The van der Waals surface area contributed by atoms with Crippen LogP contribution in [0.4, 0.5) is 0 Å². The molecule has 7 rings (SSSR count). The first-order valence-electron chi connectivity index (χ1n) is 15.6. The minimum absolute atomic E-state index is 0.446. The zero-order valence-corrected chi connectivity index (χ0v) is 28.1. The van der Waals surface area contributed by atoms with Gasteiger partial charge >= 0.3 is 0 Å². The lowest BCUT2D eigenvalue weighted by molar-refractivity contribution is 0.214. The van der Waals surface area contributed by atoms with Crippen LogP contribution in [0.2, 0.25) is 0 Å². The quantitative estimate of drug-likeness (QED) is 0.172. The molecule has 46 heavy (non-hydrogen) atoms. The Morgan fingerprint density at radius 2 is 0.913 bits per heavy atom. The minimum Gasteiger partial charge on any atom is -0.496 e. The highest BCUT2D eigenvalue weighted by Gasteiger charge is 2.34. The van der Waals surface area contributed by atoms with Crippen molar-refractivity contribution in [1.82, 2.24) is 0 Å². The average Bonchev–Trinajstić information content (AvgIpc) is 3.10. The Bertz CT molecular complexity index is 1870. The van der Waals surface area contributed by atoms with Gasteiger partial charge in [0.25, 0.3) is 0 Å². The van der Waals surface area contributed by atoms with Crippen molar-refractivity contribution in [3.05, 3.63) is 151 Å². The van der Waals surface area contributed by atoms with Crippen molar-refractivity contribution in [2.45, 2.75) is 13.8 Å². The summed E-state index contributed by atoms with van der Waals surface area (Å²) in [7, 11) is -0.198. The summed E-state index contributed by atoms with van der Waals surface area (Å²) >= 11 is 0. The highest BCUT2D eigenvalue weighted by atomic mass is 31.1. The van der Waals surface area contributed by atoms with Crippen LogP contribution in [0, 0.1) is 13.8 Å². The molecule has 0 saturated heterocycles. The molecule has 228 valence electrons. The maximum Gasteiger partial charge on any atom is 0.131 e. The van der Waals surface area contributed by atoms with Gasteiger partial charge in [-0.05, 0) is 67.8 Å². The van der Waals surface area contributed by atoms with Gasteiger partial charge in [0.1, 0.15) is 30.5 Å². The Morgan fingerprint density at radius 1 is 0.500 bits per heavy atom. The van der Waals surface area contributed by atoms with Crippen molar-refractivity contribution in [3.63, 3.8) is 0 Å². The second-order valence-corrected chi connectivity index (χ2v) is 15.5. The summed E-state index contributed by atoms with van der Waals surface area (Å²) < 4.78 is 19.3. The first kappa shape index (κ1) is 30.2. The van der Waals surface area contributed by atoms with Crippen LogP contribution in [0.1, 0.15) is 11.1 Å². The van der Waals surface area contributed by atoms with Crippen molar-refractivity contribution in [3.8, 4) is 28.4 Å². The molecule has 0 spiro atoms. The largest absolute Gasteiger partial charge is 0.496 e. The summed E-state index contributed by atoms with van der Waals surface area (Å²) in [5.41, 5.74) is 4.57. The van der Waals surface area contributed by atoms with E-state index in [1.165, 1.54) is 37.4 Å². The van der Waals surface area contributed by atoms with E-state index >= 15 is 0 Å². The standard InChI is InChI=1S/C41H36O3P2/c1-29-24-25-35-38(40(29)45(31-16-8-4-9-17-31)32-18-10-5-11-19-32)39-37(44-27-26-43-35)28-36(42-3)30(2)41(39)46(33-20-12-6-13-21-33)34-22-14-7-15-23-34/h4-25,28H,26-27H2,1-3H3. The number of rotatable bonds is 7. The van der Waals surface area contributed by atoms with Crippen molar-refractivity contribution in [2.24, 2.45) is 0 Å². The van der Waals surface area contributed by atoms with Crippen LogP contribution in [-0.4, -0.2) is 20.3 Å². The molecular formula is C41H36O3P2. The molecule has 0 bridgehead atoms. The average molecular weight is 639 g/mol. The van der Waals surface area contributed by atoms with Crippen LogP contribution in [0.3, 0.4) is 0 Å². The fourth-order valence-electron chi connectivity index (χ4n) is 6.32. The van der Waals surface area contributed by atoms with Crippen LogP contribution >= 0.6 is 15.8 Å². The topological polar surface area (TPSA) is 27.7 Å². The molecule has 0 saturated carbocycles. The van der Waals surface area contributed by atoms with E-state index in [0.717, 1.165) is 33.9 Å². The molecule has 0 radical (unpaired) electrons. The summed E-state index contributed by atoms with van der Waals surface area (Å²) in [6, 6.07) is 50.0. The van der Waals surface area contributed by atoms with E-state index in [4.69, 9.17) is 14.2 Å². The first-order valence-corrected chi connectivity index (χ1v) is 18.3. The third kappa shape index (κ3) is 5.71. The molecule has 3 nitrogen and oxygen atoms in total. The SMILES string of the molecule is COc1cc2c(c(P(c3ccccc3)c3ccccc3)c1C)-c1c(ccc(C)c1P(c1ccccc1)c1ccccc1)OCCO2. The second-order valence-electron chi connectivity index (χ2n) is 11.2. The minimum atomic E-state index is -1.01. The number of fused-ring (bicyclic) bond motifs is 3. The molecule has 0 aromatic heterocycles. The van der Waals surface area contributed by atoms with Crippen LogP contribution in [0.25, 0.3) is 11.1 Å². The smallest absolute Gasteiger partial charge is 0.131 e. The van der Waals surface area contributed by atoms with E-state index in [9.17, 15) is 0 Å². The van der Waals surface area contributed by atoms with Gasteiger partial charge in [0.05, 0.1) is 7.11 Å². The summed E-state index contributed by atoms with van der Waals surface area (Å²) in [6.45, 7) is 5.34. The summed E-state index contributed by atoms with van der Waals surface area (Å²) in [5.74, 6) is 2.56. The molecule has 1 heterocycles. The predicted octanol–water partition coefficient (Wildman–Crippen LogP) is 7.27. The van der Waals surface area contributed by atoms with Gasteiger partial charge in [0, 0.05) is 28.1 Å². The number of benzene rings is 6. The van der Waals surface area contributed by atoms with Crippen LogP contribution in [0.15, 0.2) is 140 Å². The van der Waals surface area contributed by atoms with Crippen molar-refractivity contribution < 1.29 is 14.2 Å². The molecule has 0 aliphatic carbocycles. The Hall–Kier alpha value is -4.42. The van der Waals surface area contributed by atoms with Crippen molar-refractivity contribution in [1.29, 1.82) is 0 Å². The highest BCUT2D eigenvalue weighted by Crippen LogP contribution is 2.50. The summed E-state index contributed by atoms with van der Waals surface area (Å²) in [4.78, 5) is 0. The van der Waals surface area contributed by atoms with Gasteiger partial charge in [-0.15, -0.1) is 0 Å². The molecular weight excluding hydrogens is 602 g/mol. The molecule has 6 aromatic carbocycles. The lowest BCUT2D eigenvalue weighted by Crippen LogP contribution is -2.30. The monoisotopic (exact) mass is 638 g/mol. The third-order valence-corrected chi connectivity index (χ3v) is 13.7. The van der Waals surface area contributed by atoms with Crippen LogP contribution < -0.4 is 46.0 Å². The maximum atomic E-state index is 6.64. The first-order chi connectivity index (χ1) is 22.7. The molecule has 0 atom stereocenters. The summed E-state index contributed by atoms with van der Waals surface area (Å²) in [5, 5.41) is 7.66. The molecule has 6 aromatic rings. The van der Waals surface area contributed by atoms with E-state index in [2.05, 4.69) is 153 Å². The molecule has 1 aliphatic rings. The lowest BCUT2D eigenvalue weighted by atomic mass is 9.98. The van der Waals surface area contributed by atoms with E-state index in [0.29, 0.717) is 13.2 Å². The van der Waals surface area contributed by atoms with Gasteiger partial charge in [0.2, 0.25) is 0 Å².